The maximum absolute atomic E-state index is 12.8. The van der Waals surface area contributed by atoms with Gasteiger partial charge in [0.1, 0.15) is 0 Å². The topological polar surface area (TPSA) is 115 Å². The van der Waals surface area contributed by atoms with Crippen LogP contribution in [0.4, 0.5) is 5.69 Å². The fourth-order valence-electron chi connectivity index (χ4n) is 2.36. The minimum absolute atomic E-state index is 0.0966. The van der Waals surface area contributed by atoms with Crippen molar-refractivity contribution in [1.29, 1.82) is 0 Å². The van der Waals surface area contributed by atoms with Crippen molar-refractivity contribution in [3.05, 3.63) is 63.2 Å². The Morgan fingerprint density at radius 1 is 1.00 bits per heavy atom. The molecule has 8 heteroatoms. The number of hydrogen-bond donors (Lipinski definition) is 1. The van der Waals surface area contributed by atoms with Gasteiger partial charge in [0.2, 0.25) is 9.84 Å². The van der Waals surface area contributed by atoms with Crippen molar-refractivity contribution in [3.8, 4) is 0 Å². The smallest absolute Gasteiger partial charge is 0.335 e. The highest BCUT2D eigenvalue weighted by atomic mass is 32.2. The molecule has 0 atom stereocenters. The molecule has 116 valence electrons. The molecule has 0 aliphatic carbocycles. The predicted octanol–water partition coefficient (Wildman–Crippen LogP) is 2.61. The number of carboxylic acids is 1. The van der Waals surface area contributed by atoms with Crippen LogP contribution in [-0.4, -0.2) is 24.4 Å². The molecule has 0 aromatic heterocycles. The average molecular weight is 331 g/mol. The summed E-state index contributed by atoms with van der Waals surface area (Å²) in [6.45, 7) is 0. The summed E-state index contributed by atoms with van der Waals surface area (Å²) in [4.78, 5) is 21.1. The predicted molar refractivity (Wildman–Crippen MR) is 80.9 cm³/mol. The number of nitro benzene ring substituents is 1. The van der Waals surface area contributed by atoms with Gasteiger partial charge >= 0.3 is 5.97 Å². The van der Waals surface area contributed by atoms with Gasteiger partial charge in [0.15, 0.2) is 0 Å². The third kappa shape index (κ3) is 2.38. The molecule has 1 heterocycles. The van der Waals surface area contributed by atoms with E-state index in [4.69, 9.17) is 5.11 Å². The molecule has 0 fully saturated rings. The van der Waals surface area contributed by atoms with E-state index in [1.807, 2.05) is 0 Å². The van der Waals surface area contributed by atoms with Crippen LogP contribution in [0.5, 0.6) is 0 Å². The van der Waals surface area contributed by atoms with E-state index in [-0.39, 0.29) is 26.6 Å². The number of non-ortho nitro benzene ring substituents is 1. The van der Waals surface area contributed by atoms with Crippen LogP contribution in [0.2, 0.25) is 0 Å². The van der Waals surface area contributed by atoms with Crippen LogP contribution in [0, 0.1) is 10.1 Å². The van der Waals surface area contributed by atoms with E-state index in [2.05, 4.69) is 0 Å². The second-order valence-electron chi connectivity index (χ2n) is 4.87. The van der Waals surface area contributed by atoms with Crippen molar-refractivity contribution < 1.29 is 23.2 Å². The lowest BCUT2D eigenvalue weighted by Gasteiger charge is -2.08. The molecule has 0 unspecified atom stereocenters. The summed E-state index contributed by atoms with van der Waals surface area (Å²) < 4.78 is 25.5. The van der Waals surface area contributed by atoms with E-state index in [9.17, 15) is 23.3 Å². The number of carboxylic acid groups (broad SMARTS) is 1. The van der Waals surface area contributed by atoms with Gasteiger partial charge in [-0.15, -0.1) is 0 Å². The van der Waals surface area contributed by atoms with E-state index < -0.39 is 20.7 Å². The van der Waals surface area contributed by atoms with Crippen LogP contribution in [-0.2, 0) is 9.84 Å². The molecule has 0 saturated heterocycles. The van der Waals surface area contributed by atoms with E-state index in [1.54, 1.807) is 0 Å². The van der Waals surface area contributed by atoms with Gasteiger partial charge in [0.25, 0.3) is 5.69 Å². The molecule has 2 aromatic carbocycles. The Hall–Kier alpha value is -3.00. The molecule has 1 N–H and O–H groups in total. The standard InChI is InChI=1S/C15H9NO6S/c17-15(18)11-4-2-9-1-3-10-7-12(16(19)20)5-6-13(10)23(21,22)14(9)8-11/h1-8H,(H,17,18). The quantitative estimate of drug-likeness (QED) is 0.570. The van der Waals surface area contributed by atoms with Gasteiger partial charge in [0, 0.05) is 17.7 Å². The molecule has 1 aliphatic rings. The molecule has 0 spiro atoms. The maximum atomic E-state index is 12.8. The molecular weight excluding hydrogens is 322 g/mol. The van der Waals surface area contributed by atoms with Gasteiger partial charge in [0.05, 0.1) is 20.3 Å². The number of nitrogens with zero attached hydrogens (tertiary/aromatic N) is 1. The van der Waals surface area contributed by atoms with Crippen LogP contribution in [0.3, 0.4) is 0 Å². The molecule has 0 bridgehead atoms. The second kappa shape index (κ2) is 5.03. The third-order valence-electron chi connectivity index (χ3n) is 3.49. The molecule has 0 saturated carbocycles. The van der Waals surface area contributed by atoms with Gasteiger partial charge in [-0.05, 0) is 23.8 Å². The number of hydrogen-bond acceptors (Lipinski definition) is 5. The molecule has 7 nitrogen and oxygen atoms in total. The molecule has 0 radical (unpaired) electrons. The van der Waals surface area contributed by atoms with Crippen molar-refractivity contribution in [3.63, 3.8) is 0 Å². The van der Waals surface area contributed by atoms with Crippen LogP contribution < -0.4 is 0 Å². The van der Waals surface area contributed by atoms with Crippen molar-refractivity contribution in [2.75, 3.05) is 0 Å². The number of sulfone groups is 1. The lowest BCUT2D eigenvalue weighted by Crippen LogP contribution is -2.07. The van der Waals surface area contributed by atoms with E-state index in [0.717, 1.165) is 18.2 Å². The van der Waals surface area contributed by atoms with Crippen LogP contribution in [0.1, 0.15) is 21.5 Å². The molecule has 3 rings (SSSR count). The van der Waals surface area contributed by atoms with Crippen molar-refractivity contribution in [1.82, 2.24) is 0 Å². The van der Waals surface area contributed by atoms with Crippen LogP contribution in [0.15, 0.2) is 46.2 Å². The molecule has 1 aliphatic heterocycles. The summed E-state index contributed by atoms with van der Waals surface area (Å²) in [7, 11) is -3.98. The first-order valence-corrected chi connectivity index (χ1v) is 7.88. The number of aromatic carboxylic acids is 1. The fourth-order valence-corrected chi connectivity index (χ4v) is 4.01. The largest absolute Gasteiger partial charge is 0.478 e. The summed E-state index contributed by atoms with van der Waals surface area (Å²) in [5.41, 5.74) is 0.146. The highest BCUT2D eigenvalue weighted by Gasteiger charge is 2.27. The summed E-state index contributed by atoms with van der Waals surface area (Å²) >= 11 is 0. The normalized spacial score (nSPS) is 14.4. The highest BCUT2D eigenvalue weighted by molar-refractivity contribution is 7.91. The van der Waals surface area contributed by atoms with Gasteiger partial charge in [-0.2, -0.15) is 0 Å². The Kier molecular flexibility index (Phi) is 3.26. The van der Waals surface area contributed by atoms with Gasteiger partial charge in [-0.3, -0.25) is 10.1 Å². The Morgan fingerprint density at radius 2 is 1.70 bits per heavy atom. The minimum Gasteiger partial charge on any atom is -0.478 e. The molecule has 23 heavy (non-hydrogen) atoms. The first-order chi connectivity index (χ1) is 10.8. The second-order valence-corrected chi connectivity index (χ2v) is 6.76. The first-order valence-electron chi connectivity index (χ1n) is 6.39. The number of rotatable bonds is 2. The maximum Gasteiger partial charge on any atom is 0.335 e. The fraction of sp³-hybridized carbons (Fsp3) is 0. The lowest BCUT2D eigenvalue weighted by molar-refractivity contribution is -0.384. The molecule has 0 amide bonds. The Labute approximate surface area is 130 Å². The molecular formula is C15H9NO6S. The number of benzene rings is 2. The van der Waals surface area contributed by atoms with Gasteiger partial charge in [-0.25, -0.2) is 13.2 Å². The van der Waals surface area contributed by atoms with Crippen LogP contribution in [0.25, 0.3) is 12.2 Å². The first kappa shape index (κ1) is 14.9. The number of carbonyl (C=O) groups is 1. The number of fused-ring (bicyclic) bond motifs is 2. The highest BCUT2D eigenvalue weighted by Crippen LogP contribution is 2.34. The Balaban J connectivity index is 2.30. The summed E-state index contributed by atoms with van der Waals surface area (Å²) in [5.74, 6) is -1.24. The number of nitro groups is 1. The van der Waals surface area contributed by atoms with E-state index >= 15 is 0 Å². The third-order valence-corrected chi connectivity index (χ3v) is 5.37. The zero-order chi connectivity index (χ0) is 16.8. The average Bonchev–Trinajstić information content (AvgIpc) is 2.62. The SMILES string of the molecule is O=C(O)c1ccc2c(c1)S(=O)(=O)c1ccc([N+](=O)[O-])cc1C=C2. The van der Waals surface area contributed by atoms with E-state index in [1.165, 1.54) is 30.4 Å². The minimum atomic E-state index is -3.98. The van der Waals surface area contributed by atoms with Crippen LogP contribution >= 0.6 is 0 Å². The summed E-state index contributed by atoms with van der Waals surface area (Å²) in [6, 6.07) is 7.24. The van der Waals surface area contributed by atoms with Crippen molar-refractivity contribution in [2.24, 2.45) is 0 Å². The lowest BCUT2D eigenvalue weighted by atomic mass is 10.1. The van der Waals surface area contributed by atoms with Crippen molar-refractivity contribution >= 4 is 33.6 Å². The Morgan fingerprint density at radius 3 is 2.35 bits per heavy atom. The summed E-state index contributed by atoms with van der Waals surface area (Å²) in [6.07, 6.45) is 2.96. The zero-order valence-electron chi connectivity index (χ0n) is 11.5. The van der Waals surface area contributed by atoms with E-state index in [0.29, 0.717) is 5.56 Å². The van der Waals surface area contributed by atoms with Crippen molar-refractivity contribution in [2.45, 2.75) is 9.79 Å². The summed E-state index contributed by atoms with van der Waals surface area (Å²) in [5, 5.41) is 19.9. The Bertz CT molecular complexity index is 991. The van der Waals surface area contributed by atoms with Gasteiger partial charge < -0.3 is 5.11 Å². The van der Waals surface area contributed by atoms with Gasteiger partial charge in [-0.1, -0.05) is 18.2 Å². The monoisotopic (exact) mass is 331 g/mol. The zero-order valence-corrected chi connectivity index (χ0v) is 12.3. The molecule has 2 aromatic rings.